The summed E-state index contributed by atoms with van der Waals surface area (Å²) in [6.07, 6.45) is 5.96. The number of hydrogen-bond donors (Lipinski definition) is 2. The maximum atomic E-state index is 13.3. The fourth-order valence-electron chi connectivity index (χ4n) is 3.17. The van der Waals surface area contributed by atoms with Crippen molar-refractivity contribution in [2.75, 3.05) is 23.3 Å². The number of anilines is 2. The van der Waals surface area contributed by atoms with Crippen LogP contribution in [0.3, 0.4) is 0 Å². The fourth-order valence-corrected chi connectivity index (χ4v) is 3.17. The lowest BCUT2D eigenvalue weighted by atomic mass is 10.1. The number of amides is 3. The fraction of sp³-hybridized carbons (Fsp3) is 0.417. The van der Waals surface area contributed by atoms with Crippen molar-refractivity contribution in [3.05, 3.63) is 59.9 Å². The largest absolute Gasteiger partial charge is 0.354 e. The maximum absolute atomic E-state index is 13.3. The number of carbonyl (C=O) groups is 2. The number of urea groups is 1. The minimum atomic E-state index is -0.367. The van der Waals surface area contributed by atoms with Gasteiger partial charge in [-0.05, 0) is 55.3 Å². The number of rotatable bonds is 11. The molecule has 0 aliphatic carbocycles. The van der Waals surface area contributed by atoms with Gasteiger partial charge in [0.15, 0.2) is 0 Å². The molecule has 0 bridgehead atoms. The first-order chi connectivity index (χ1) is 14.5. The van der Waals surface area contributed by atoms with Crippen molar-refractivity contribution < 1.29 is 14.0 Å². The van der Waals surface area contributed by atoms with Gasteiger partial charge in [-0.2, -0.15) is 0 Å². The summed E-state index contributed by atoms with van der Waals surface area (Å²) in [7, 11) is 0. The van der Waals surface area contributed by atoms with Crippen molar-refractivity contribution in [2.45, 2.75) is 52.4 Å². The van der Waals surface area contributed by atoms with Gasteiger partial charge in [0.2, 0.25) is 5.91 Å². The molecule has 30 heavy (non-hydrogen) atoms. The Hall–Kier alpha value is -2.89. The van der Waals surface area contributed by atoms with Crippen LogP contribution in [0.1, 0.15) is 51.0 Å². The molecule has 0 unspecified atom stereocenters. The van der Waals surface area contributed by atoms with E-state index in [-0.39, 0.29) is 24.3 Å². The summed E-state index contributed by atoms with van der Waals surface area (Å²) in [5.74, 6) is -0.376. The molecule has 2 N–H and O–H groups in total. The first-order valence-electron chi connectivity index (χ1n) is 10.7. The standard InChI is InChI=1S/C24H32FN3O2/c1-3-4-5-6-7-11-23(29)26-16-17-28(22-14-12-20(25)13-15-22)24(30)27-21-10-8-9-19(2)18-21/h8-10,12-15,18H,3-7,11,16-17H2,1-2H3,(H,26,29)(H,27,30). The van der Waals surface area contributed by atoms with Crippen molar-refractivity contribution >= 4 is 23.3 Å². The van der Waals surface area contributed by atoms with Crippen LogP contribution in [-0.2, 0) is 4.79 Å². The van der Waals surface area contributed by atoms with E-state index in [9.17, 15) is 14.0 Å². The Labute approximate surface area is 178 Å². The molecule has 2 rings (SSSR count). The number of nitrogens with zero attached hydrogens (tertiary/aromatic N) is 1. The molecular weight excluding hydrogens is 381 g/mol. The summed E-state index contributed by atoms with van der Waals surface area (Å²) in [5, 5.41) is 5.75. The molecule has 0 aliphatic rings. The average Bonchev–Trinajstić information content (AvgIpc) is 2.72. The van der Waals surface area contributed by atoms with E-state index in [2.05, 4.69) is 17.6 Å². The van der Waals surface area contributed by atoms with E-state index in [1.807, 2.05) is 31.2 Å². The lowest BCUT2D eigenvalue weighted by Crippen LogP contribution is -2.41. The van der Waals surface area contributed by atoms with Crippen LogP contribution in [-0.4, -0.2) is 25.0 Å². The third kappa shape index (κ3) is 8.23. The Morgan fingerprint density at radius 1 is 1.00 bits per heavy atom. The molecule has 0 heterocycles. The minimum Gasteiger partial charge on any atom is -0.354 e. The van der Waals surface area contributed by atoms with Gasteiger partial charge in [-0.1, -0.05) is 44.7 Å². The molecule has 162 valence electrons. The summed E-state index contributed by atoms with van der Waals surface area (Å²) >= 11 is 0. The predicted octanol–water partition coefficient (Wildman–Crippen LogP) is 5.65. The number of nitrogens with one attached hydrogen (secondary N) is 2. The number of aryl methyl sites for hydroxylation is 1. The van der Waals surface area contributed by atoms with Crippen LogP contribution in [0, 0.1) is 12.7 Å². The first-order valence-corrected chi connectivity index (χ1v) is 10.7. The quantitative estimate of drug-likeness (QED) is 0.468. The first kappa shape index (κ1) is 23.4. The highest BCUT2D eigenvalue weighted by molar-refractivity contribution is 6.01. The summed E-state index contributed by atoms with van der Waals surface area (Å²) in [6.45, 7) is 4.72. The van der Waals surface area contributed by atoms with Crippen molar-refractivity contribution in [3.63, 3.8) is 0 Å². The Morgan fingerprint density at radius 3 is 2.43 bits per heavy atom. The summed E-state index contributed by atoms with van der Waals surface area (Å²) < 4.78 is 13.3. The molecule has 2 aromatic rings. The van der Waals surface area contributed by atoms with Crippen molar-refractivity contribution in [1.82, 2.24) is 5.32 Å². The van der Waals surface area contributed by atoms with E-state index in [0.717, 1.165) is 24.8 Å². The number of halogens is 1. The molecule has 0 spiro atoms. The monoisotopic (exact) mass is 413 g/mol. The normalized spacial score (nSPS) is 10.5. The van der Waals surface area contributed by atoms with E-state index in [1.165, 1.54) is 29.9 Å². The highest BCUT2D eigenvalue weighted by Gasteiger charge is 2.16. The van der Waals surface area contributed by atoms with E-state index < -0.39 is 0 Å². The minimum absolute atomic E-state index is 0.00959. The van der Waals surface area contributed by atoms with Gasteiger partial charge < -0.3 is 10.6 Å². The predicted molar refractivity (Wildman–Crippen MR) is 120 cm³/mol. The molecule has 0 fully saturated rings. The van der Waals surface area contributed by atoms with E-state index in [4.69, 9.17) is 0 Å². The molecule has 0 atom stereocenters. The summed E-state index contributed by atoms with van der Waals surface area (Å²) in [5.41, 5.74) is 2.28. The van der Waals surface area contributed by atoms with Gasteiger partial charge in [0.1, 0.15) is 5.82 Å². The SMILES string of the molecule is CCCCCCCC(=O)NCCN(C(=O)Nc1cccc(C)c1)c1ccc(F)cc1. The van der Waals surface area contributed by atoms with Crippen LogP contribution < -0.4 is 15.5 Å². The maximum Gasteiger partial charge on any atom is 0.326 e. The average molecular weight is 414 g/mol. The van der Waals surface area contributed by atoms with E-state index >= 15 is 0 Å². The van der Waals surface area contributed by atoms with Gasteiger partial charge in [-0.15, -0.1) is 0 Å². The van der Waals surface area contributed by atoms with Gasteiger partial charge in [0.25, 0.3) is 0 Å². The number of benzene rings is 2. The molecule has 5 nitrogen and oxygen atoms in total. The summed E-state index contributed by atoms with van der Waals surface area (Å²) in [4.78, 5) is 26.4. The zero-order valence-electron chi connectivity index (χ0n) is 17.9. The van der Waals surface area contributed by atoms with Crippen LogP contribution in [0.25, 0.3) is 0 Å². The smallest absolute Gasteiger partial charge is 0.326 e. The molecule has 0 saturated carbocycles. The number of carbonyl (C=O) groups excluding carboxylic acids is 2. The van der Waals surface area contributed by atoms with Gasteiger partial charge in [-0.25, -0.2) is 9.18 Å². The molecule has 6 heteroatoms. The Balaban J connectivity index is 1.92. The highest BCUT2D eigenvalue weighted by Crippen LogP contribution is 2.17. The molecule has 0 aliphatic heterocycles. The lowest BCUT2D eigenvalue weighted by Gasteiger charge is -2.23. The third-order valence-corrected chi connectivity index (χ3v) is 4.82. The highest BCUT2D eigenvalue weighted by atomic mass is 19.1. The second-order valence-corrected chi connectivity index (χ2v) is 7.44. The Bertz CT molecular complexity index is 808. The second-order valence-electron chi connectivity index (χ2n) is 7.44. The van der Waals surface area contributed by atoms with E-state index in [0.29, 0.717) is 24.3 Å². The van der Waals surface area contributed by atoms with Crippen LogP contribution in [0.4, 0.5) is 20.6 Å². The lowest BCUT2D eigenvalue weighted by molar-refractivity contribution is -0.121. The van der Waals surface area contributed by atoms with Crippen LogP contribution in [0.2, 0.25) is 0 Å². The molecule has 0 saturated heterocycles. The second kappa shape index (κ2) is 12.6. The molecule has 0 aromatic heterocycles. The van der Waals surface area contributed by atoms with Crippen LogP contribution >= 0.6 is 0 Å². The van der Waals surface area contributed by atoms with Gasteiger partial charge in [0.05, 0.1) is 0 Å². The van der Waals surface area contributed by atoms with E-state index in [1.54, 1.807) is 12.1 Å². The molecule has 2 aromatic carbocycles. The Morgan fingerprint density at radius 2 is 1.73 bits per heavy atom. The van der Waals surface area contributed by atoms with Crippen molar-refractivity contribution in [2.24, 2.45) is 0 Å². The van der Waals surface area contributed by atoms with Crippen molar-refractivity contribution in [3.8, 4) is 0 Å². The van der Waals surface area contributed by atoms with Gasteiger partial charge in [0, 0.05) is 30.9 Å². The molecular formula is C24H32FN3O2. The zero-order chi connectivity index (χ0) is 21.8. The summed E-state index contributed by atoms with van der Waals surface area (Å²) in [6, 6.07) is 12.9. The molecule has 3 amide bonds. The van der Waals surface area contributed by atoms with Crippen LogP contribution in [0.15, 0.2) is 48.5 Å². The van der Waals surface area contributed by atoms with Gasteiger partial charge >= 0.3 is 6.03 Å². The van der Waals surface area contributed by atoms with Crippen molar-refractivity contribution in [1.29, 1.82) is 0 Å². The zero-order valence-corrected chi connectivity index (χ0v) is 17.9. The topological polar surface area (TPSA) is 61.4 Å². The third-order valence-electron chi connectivity index (χ3n) is 4.82. The Kier molecular flexibility index (Phi) is 9.84. The van der Waals surface area contributed by atoms with Gasteiger partial charge in [-0.3, -0.25) is 9.69 Å². The number of hydrogen-bond acceptors (Lipinski definition) is 2. The molecule has 0 radical (unpaired) electrons. The number of unbranched alkanes of at least 4 members (excludes halogenated alkanes) is 4. The van der Waals surface area contributed by atoms with Crippen LogP contribution in [0.5, 0.6) is 0 Å².